The van der Waals surface area contributed by atoms with Crippen molar-refractivity contribution in [1.82, 2.24) is 0 Å². The monoisotopic (exact) mass is 280 g/mol. The van der Waals surface area contributed by atoms with Crippen molar-refractivity contribution >= 4 is 13.1 Å². The van der Waals surface area contributed by atoms with Crippen LogP contribution in [0.5, 0.6) is 0 Å². The van der Waals surface area contributed by atoms with Crippen LogP contribution in [0.25, 0.3) is 0 Å². The van der Waals surface area contributed by atoms with Crippen LogP contribution in [-0.2, 0) is 18.8 Å². The quantitative estimate of drug-likeness (QED) is 0.589. The van der Waals surface area contributed by atoms with Crippen LogP contribution >= 0.6 is 0 Å². The molecule has 112 valence electrons. The van der Waals surface area contributed by atoms with E-state index in [9.17, 15) is 4.79 Å². The maximum atomic E-state index is 10.8. The Kier molecular flexibility index (Phi) is 4.31. The zero-order chi connectivity index (χ0) is 15.0. The summed E-state index contributed by atoms with van der Waals surface area (Å²) in [7, 11) is -0.227. The SMILES string of the molecule is CC(=O)OCC1CC=C(B2OC(C)(C)C(C)(C)O2)CC1. The average Bonchev–Trinajstić information content (AvgIpc) is 2.56. The van der Waals surface area contributed by atoms with E-state index < -0.39 is 0 Å². The lowest BCUT2D eigenvalue weighted by Crippen LogP contribution is -2.41. The first-order valence-corrected chi connectivity index (χ1v) is 7.39. The van der Waals surface area contributed by atoms with E-state index in [2.05, 4.69) is 33.8 Å². The van der Waals surface area contributed by atoms with Crippen molar-refractivity contribution in [2.75, 3.05) is 6.61 Å². The van der Waals surface area contributed by atoms with Crippen molar-refractivity contribution in [1.29, 1.82) is 0 Å². The van der Waals surface area contributed by atoms with Gasteiger partial charge in [0.15, 0.2) is 0 Å². The molecule has 0 aromatic heterocycles. The maximum absolute atomic E-state index is 10.8. The van der Waals surface area contributed by atoms with Gasteiger partial charge < -0.3 is 14.0 Å². The number of allylic oxidation sites excluding steroid dienone is 2. The summed E-state index contributed by atoms with van der Waals surface area (Å²) in [4.78, 5) is 10.8. The first kappa shape index (κ1) is 15.6. The van der Waals surface area contributed by atoms with Crippen molar-refractivity contribution < 1.29 is 18.8 Å². The molecule has 20 heavy (non-hydrogen) atoms. The highest BCUT2D eigenvalue weighted by Crippen LogP contribution is 2.40. The molecule has 4 nitrogen and oxygen atoms in total. The molecule has 1 atom stereocenters. The summed E-state index contributed by atoms with van der Waals surface area (Å²) in [6.07, 6.45) is 5.08. The predicted octanol–water partition coefficient (Wildman–Crippen LogP) is 2.91. The summed E-state index contributed by atoms with van der Waals surface area (Å²) in [6, 6.07) is 0. The van der Waals surface area contributed by atoms with Gasteiger partial charge in [0.25, 0.3) is 0 Å². The first-order chi connectivity index (χ1) is 9.21. The second kappa shape index (κ2) is 5.53. The molecule has 0 aromatic carbocycles. The van der Waals surface area contributed by atoms with Gasteiger partial charge in [-0.1, -0.05) is 6.08 Å². The van der Waals surface area contributed by atoms with E-state index in [0.29, 0.717) is 12.5 Å². The van der Waals surface area contributed by atoms with Gasteiger partial charge in [-0.25, -0.2) is 0 Å². The van der Waals surface area contributed by atoms with Gasteiger partial charge >= 0.3 is 13.1 Å². The number of rotatable bonds is 3. The van der Waals surface area contributed by atoms with Gasteiger partial charge in [0.2, 0.25) is 0 Å². The lowest BCUT2D eigenvalue weighted by atomic mass is 9.71. The van der Waals surface area contributed by atoms with Gasteiger partial charge in [0.05, 0.1) is 17.8 Å². The van der Waals surface area contributed by atoms with E-state index in [-0.39, 0.29) is 24.3 Å². The second-order valence-electron chi connectivity index (χ2n) is 6.81. The summed E-state index contributed by atoms with van der Waals surface area (Å²) in [5.74, 6) is 0.218. The van der Waals surface area contributed by atoms with Crippen molar-refractivity contribution in [3.63, 3.8) is 0 Å². The number of hydrogen-bond donors (Lipinski definition) is 0. The Labute approximate surface area is 122 Å². The van der Waals surface area contributed by atoms with Crippen LogP contribution < -0.4 is 0 Å². The Hall–Kier alpha value is -0.805. The van der Waals surface area contributed by atoms with Gasteiger partial charge in [0, 0.05) is 6.92 Å². The van der Waals surface area contributed by atoms with Crippen LogP contribution in [0.1, 0.15) is 53.9 Å². The highest BCUT2D eigenvalue weighted by atomic mass is 16.7. The molecular weight excluding hydrogens is 255 g/mol. The van der Waals surface area contributed by atoms with Gasteiger partial charge in [-0.2, -0.15) is 0 Å². The minimum atomic E-state index is -0.285. The minimum absolute atomic E-state index is 0.203. The van der Waals surface area contributed by atoms with E-state index >= 15 is 0 Å². The number of carbonyl (C=O) groups excluding carboxylic acids is 1. The fraction of sp³-hybridized carbons (Fsp3) is 0.800. The molecular formula is C15H25BO4. The fourth-order valence-electron chi connectivity index (χ4n) is 2.50. The Morgan fingerprint density at radius 1 is 1.35 bits per heavy atom. The molecule has 5 heteroatoms. The van der Waals surface area contributed by atoms with Gasteiger partial charge in [-0.3, -0.25) is 4.79 Å². The third-order valence-corrected chi connectivity index (χ3v) is 4.63. The summed E-state index contributed by atoms with van der Waals surface area (Å²) in [6.45, 7) is 10.2. The van der Waals surface area contributed by atoms with Crippen molar-refractivity contribution in [3.8, 4) is 0 Å². The molecule has 1 unspecified atom stereocenters. The lowest BCUT2D eigenvalue weighted by Gasteiger charge is -2.32. The average molecular weight is 280 g/mol. The standard InChI is InChI=1S/C15H25BO4/c1-11(17)18-10-12-6-8-13(9-7-12)16-19-14(2,3)15(4,5)20-16/h8,12H,6-7,9-10H2,1-5H3. The zero-order valence-electron chi connectivity index (χ0n) is 13.2. The van der Waals surface area contributed by atoms with E-state index in [1.807, 2.05) is 0 Å². The van der Waals surface area contributed by atoms with Crippen LogP contribution in [0.4, 0.5) is 0 Å². The Bertz CT molecular complexity index is 398. The molecule has 0 saturated carbocycles. The van der Waals surface area contributed by atoms with Crippen molar-refractivity contribution in [2.45, 2.75) is 65.1 Å². The highest BCUT2D eigenvalue weighted by Gasteiger charge is 2.52. The lowest BCUT2D eigenvalue weighted by molar-refractivity contribution is -0.142. The molecule has 1 saturated heterocycles. The van der Waals surface area contributed by atoms with Crippen LogP contribution in [0.2, 0.25) is 0 Å². The van der Waals surface area contributed by atoms with Gasteiger partial charge in [-0.15, -0.1) is 0 Å². The minimum Gasteiger partial charge on any atom is -0.466 e. The maximum Gasteiger partial charge on any atom is 0.490 e. The summed E-state index contributed by atoms with van der Waals surface area (Å²) in [5, 5.41) is 0. The van der Waals surface area contributed by atoms with E-state index in [1.54, 1.807) is 0 Å². The second-order valence-corrected chi connectivity index (χ2v) is 6.81. The molecule has 0 spiro atoms. The summed E-state index contributed by atoms with van der Waals surface area (Å²) >= 11 is 0. The number of carbonyl (C=O) groups is 1. The predicted molar refractivity (Wildman–Crippen MR) is 78.1 cm³/mol. The number of hydrogen-bond acceptors (Lipinski definition) is 4. The molecule has 2 aliphatic rings. The third kappa shape index (κ3) is 3.26. The zero-order valence-corrected chi connectivity index (χ0v) is 13.2. The van der Waals surface area contributed by atoms with Crippen LogP contribution in [0.15, 0.2) is 11.5 Å². The van der Waals surface area contributed by atoms with Crippen LogP contribution in [0.3, 0.4) is 0 Å². The van der Waals surface area contributed by atoms with Crippen molar-refractivity contribution in [3.05, 3.63) is 11.5 Å². The number of ether oxygens (including phenoxy) is 1. The molecule has 1 fully saturated rings. The summed E-state index contributed by atoms with van der Waals surface area (Å²) < 4.78 is 17.2. The van der Waals surface area contributed by atoms with E-state index in [4.69, 9.17) is 14.0 Å². The van der Waals surface area contributed by atoms with Gasteiger partial charge in [-0.05, 0) is 58.3 Å². The Morgan fingerprint density at radius 3 is 2.40 bits per heavy atom. The van der Waals surface area contributed by atoms with E-state index in [0.717, 1.165) is 19.3 Å². The molecule has 0 aromatic rings. The molecule has 0 bridgehead atoms. The van der Waals surface area contributed by atoms with Crippen LogP contribution in [-0.4, -0.2) is 30.9 Å². The van der Waals surface area contributed by atoms with Crippen molar-refractivity contribution in [2.24, 2.45) is 5.92 Å². The number of esters is 1. The molecule has 0 amide bonds. The smallest absolute Gasteiger partial charge is 0.466 e. The molecule has 0 radical (unpaired) electrons. The topological polar surface area (TPSA) is 44.8 Å². The molecule has 0 N–H and O–H groups in total. The molecule has 1 aliphatic carbocycles. The first-order valence-electron chi connectivity index (χ1n) is 7.39. The Morgan fingerprint density at radius 2 is 1.95 bits per heavy atom. The fourth-order valence-corrected chi connectivity index (χ4v) is 2.50. The Balaban J connectivity index is 1.92. The molecule has 1 heterocycles. The highest BCUT2D eigenvalue weighted by molar-refractivity contribution is 6.54. The molecule has 1 aliphatic heterocycles. The third-order valence-electron chi connectivity index (χ3n) is 4.63. The van der Waals surface area contributed by atoms with E-state index in [1.165, 1.54) is 12.4 Å². The largest absolute Gasteiger partial charge is 0.490 e. The summed E-state index contributed by atoms with van der Waals surface area (Å²) in [5.41, 5.74) is 0.655. The van der Waals surface area contributed by atoms with Crippen LogP contribution in [0, 0.1) is 5.92 Å². The normalized spacial score (nSPS) is 28.1. The molecule has 2 rings (SSSR count). The van der Waals surface area contributed by atoms with Gasteiger partial charge in [0.1, 0.15) is 0 Å².